The highest BCUT2D eigenvalue weighted by molar-refractivity contribution is 6.14. The topological polar surface area (TPSA) is 109 Å². The van der Waals surface area contributed by atoms with Crippen LogP contribution in [0.5, 0.6) is 0 Å². The van der Waals surface area contributed by atoms with E-state index in [1.165, 1.54) is 24.3 Å². The minimum atomic E-state index is -5.08. The van der Waals surface area contributed by atoms with E-state index in [1.807, 2.05) is 0 Å². The van der Waals surface area contributed by atoms with Crippen molar-refractivity contribution in [2.45, 2.75) is 12.4 Å². The van der Waals surface area contributed by atoms with Gasteiger partial charge in [0.15, 0.2) is 11.6 Å². The van der Waals surface area contributed by atoms with Crippen molar-refractivity contribution < 1.29 is 55.7 Å². The van der Waals surface area contributed by atoms with Crippen LogP contribution in [0, 0.1) is 0 Å². The molecular formula is C10H6F6O6. The first-order valence-electron chi connectivity index (χ1n) is 4.72. The van der Waals surface area contributed by atoms with Gasteiger partial charge in [-0.2, -0.15) is 26.3 Å². The molecule has 0 amide bonds. The number of hydrogen-bond donors (Lipinski definition) is 2. The van der Waals surface area contributed by atoms with Crippen molar-refractivity contribution in [3.05, 3.63) is 24.3 Å². The zero-order valence-corrected chi connectivity index (χ0v) is 10.1. The van der Waals surface area contributed by atoms with Gasteiger partial charge < -0.3 is 10.2 Å². The molecule has 0 radical (unpaired) electrons. The molecule has 0 saturated carbocycles. The zero-order valence-electron chi connectivity index (χ0n) is 10.1. The number of carbonyl (C=O) groups excluding carboxylic acids is 2. The number of hydrogen-bond acceptors (Lipinski definition) is 4. The Bertz CT molecular complexity index is 437. The first-order valence-corrected chi connectivity index (χ1v) is 4.72. The lowest BCUT2D eigenvalue weighted by Gasteiger charge is -1.93. The molecule has 0 atom stereocenters. The Morgan fingerprint density at radius 2 is 0.818 bits per heavy atom. The highest BCUT2D eigenvalue weighted by atomic mass is 19.4. The molecule has 0 bridgehead atoms. The third-order valence-corrected chi connectivity index (χ3v) is 1.31. The Morgan fingerprint density at radius 1 is 0.682 bits per heavy atom. The van der Waals surface area contributed by atoms with Crippen molar-refractivity contribution in [1.29, 1.82) is 0 Å². The Morgan fingerprint density at radius 3 is 0.909 bits per heavy atom. The largest absolute Gasteiger partial charge is 0.490 e. The third kappa shape index (κ3) is 12.4. The molecule has 124 valence electrons. The maximum Gasteiger partial charge on any atom is 0.490 e. The van der Waals surface area contributed by atoms with Crippen LogP contribution >= 0.6 is 0 Å². The van der Waals surface area contributed by atoms with E-state index in [9.17, 15) is 35.9 Å². The number of carboxylic acid groups (broad SMARTS) is 2. The average molecular weight is 336 g/mol. The van der Waals surface area contributed by atoms with Crippen LogP contribution in [0.2, 0.25) is 0 Å². The van der Waals surface area contributed by atoms with Crippen molar-refractivity contribution in [2.24, 2.45) is 0 Å². The molecule has 0 aromatic rings. The number of carbonyl (C=O) groups is 4. The summed E-state index contributed by atoms with van der Waals surface area (Å²) >= 11 is 0. The summed E-state index contributed by atoms with van der Waals surface area (Å²) in [4.78, 5) is 38.4. The van der Waals surface area contributed by atoms with E-state index >= 15 is 0 Å². The predicted octanol–water partition coefficient (Wildman–Crippen LogP) is 1.52. The quantitative estimate of drug-likeness (QED) is 0.513. The standard InChI is InChI=1S/C6H4O2.2C2HF3O2/c7-5-1-2-6(8)4-3-5;2*3-2(4,5)1(6)7/h1-4H;2*(H,6,7). The molecular weight excluding hydrogens is 330 g/mol. The summed E-state index contributed by atoms with van der Waals surface area (Å²) in [6.07, 6.45) is -5.16. The van der Waals surface area contributed by atoms with Gasteiger partial charge >= 0.3 is 24.3 Å². The molecule has 0 heterocycles. The number of ketones is 2. The van der Waals surface area contributed by atoms with Gasteiger partial charge in [0.2, 0.25) is 0 Å². The second-order valence-electron chi connectivity index (χ2n) is 3.08. The van der Waals surface area contributed by atoms with Crippen LogP contribution in [0.25, 0.3) is 0 Å². The maximum atomic E-state index is 10.6. The fourth-order valence-corrected chi connectivity index (χ4v) is 0.440. The summed E-state index contributed by atoms with van der Waals surface area (Å²) in [7, 11) is 0. The van der Waals surface area contributed by atoms with E-state index in [4.69, 9.17) is 19.8 Å². The van der Waals surface area contributed by atoms with Gasteiger partial charge in [-0.25, -0.2) is 9.59 Å². The van der Waals surface area contributed by atoms with Crippen LogP contribution in [-0.2, 0) is 19.2 Å². The maximum absolute atomic E-state index is 10.6. The molecule has 1 aliphatic carbocycles. The number of halogens is 6. The molecule has 0 aliphatic heterocycles. The zero-order chi connectivity index (χ0) is 18.1. The van der Waals surface area contributed by atoms with Gasteiger partial charge in [0.1, 0.15) is 0 Å². The summed E-state index contributed by atoms with van der Waals surface area (Å²) in [6, 6.07) is 0. The molecule has 0 fully saturated rings. The molecule has 2 N–H and O–H groups in total. The smallest absolute Gasteiger partial charge is 0.475 e. The number of rotatable bonds is 0. The van der Waals surface area contributed by atoms with E-state index < -0.39 is 24.3 Å². The van der Waals surface area contributed by atoms with Crippen LogP contribution in [0.1, 0.15) is 0 Å². The molecule has 0 saturated heterocycles. The molecule has 6 nitrogen and oxygen atoms in total. The third-order valence-electron chi connectivity index (χ3n) is 1.31. The molecule has 0 aromatic carbocycles. The minimum Gasteiger partial charge on any atom is -0.475 e. The minimum absolute atomic E-state index is 0.121. The van der Waals surface area contributed by atoms with Crippen molar-refractivity contribution in [2.75, 3.05) is 0 Å². The Balaban J connectivity index is 0. The van der Waals surface area contributed by atoms with Gasteiger partial charge in [-0.15, -0.1) is 0 Å². The van der Waals surface area contributed by atoms with Gasteiger partial charge in [0.25, 0.3) is 0 Å². The molecule has 1 aliphatic rings. The van der Waals surface area contributed by atoms with E-state index in [0.717, 1.165) is 0 Å². The molecule has 22 heavy (non-hydrogen) atoms. The second-order valence-corrected chi connectivity index (χ2v) is 3.08. The molecule has 0 unspecified atom stereocenters. The van der Waals surface area contributed by atoms with Gasteiger partial charge in [0.05, 0.1) is 0 Å². The molecule has 12 heteroatoms. The summed E-state index contributed by atoms with van der Waals surface area (Å²) in [5.74, 6) is -5.76. The van der Waals surface area contributed by atoms with Gasteiger partial charge in [-0.1, -0.05) is 0 Å². The Hall–Kier alpha value is -2.66. The molecule has 0 aromatic heterocycles. The number of aliphatic carboxylic acids is 2. The SMILES string of the molecule is O=C(O)C(F)(F)F.O=C(O)C(F)(F)F.O=C1C=CC(=O)C=C1. The Kier molecular flexibility index (Phi) is 8.45. The highest BCUT2D eigenvalue weighted by Crippen LogP contribution is 2.13. The monoisotopic (exact) mass is 336 g/mol. The first kappa shape index (κ1) is 21.6. The van der Waals surface area contributed by atoms with Gasteiger partial charge in [-0.3, -0.25) is 9.59 Å². The Labute approximate surface area is 117 Å². The summed E-state index contributed by atoms with van der Waals surface area (Å²) in [6.45, 7) is 0. The van der Waals surface area contributed by atoms with Crippen LogP contribution in [0.15, 0.2) is 24.3 Å². The fourth-order valence-electron chi connectivity index (χ4n) is 0.440. The van der Waals surface area contributed by atoms with Crippen molar-refractivity contribution in [1.82, 2.24) is 0 Å². The summed E-state index contributed by atoms with van der Waals surface area (Å²) in [5.41, 5.74) is 0. The van der Waals surface area contributed by atoms with Crippen molar-refractivity contribution in [3.8, 4) is 0 Å². The van der Waals surface area contributed by atoms with Crippen molar-refractivity contribution in [3.63, 3.8) is 0 Å². The lowest BCUT2D eigenvalue weighted by Crippen LogP contribution is -2.21. The van der Waals surface area contributed by atoms with E-state index in [0.29, 0.717) is 0 Å². The lowest BCUT2D eigenvalue weighted by molar-refractivity contribution is -0.193. The molecule has 0 spiro atoms. The normalized spacial score (nSPS) is 13.5. The van der Waals surface area contributed by atoms with E-state index in [1.54, 1.807) is 0 Å². The summed E-state index contributed by atoms with van der Waals surface area (Å²) in [5, 5.41) is 14.2. The molecule has 1 rings (SSSR count). The van der Waals surface area contributed by atoms with Gasteiger partial charge in [0, 0.05) is 0 Å². The fraction of sp³-hybridized carbons (Fsp3) is 0.200. The van der Waals surface area contributed by atoms with E-state index in [-0.39, 0.29) is 11.6 Å². The van der Waals surface area contributed by atoms with Crippen LogP contribution < -0.4 is 0 Å². The second kappa shape index (κ2) is 8.59. The predicted molar refractivity (Wildman–Crippen MR) is 55.7 cm³/mol. The number of alkyl halides is 6. The van der Waals surface area contributed by atoms with Crippen LogP contribution in [0.4, 0.5) is 26.3 Å². The van der Waals surface area contributed by atoms with Gasteiger partial charge in [-0.05, 0) is 24.3 Å². The highest BCUT2D eigenvalue weighted by Gasteiger charge is 2.38. The van der Waals surface area contributed by atoms with Crippen LogP contribution in [0.3, 0.4) is 0 Å². The first-order chi connectivity index (χ1) is 9.67. The average Bonchev–Trinajstić information content (AvgIpc) is 2.32. The number of carboxylic acids is 2. The van der Waals surface area contributed by atoms with E-state index in [2.05, 4.69) is 0 Å². The summed E-state index contributed by atoms with van der Waals surface area (Å²) < 4.78 is 63.5. The van der Waals surface area contributed by atoms with Crippen molar-refractivity contribution >= 4 is 23.5 Å². The lowest BCUT2D eigenvalue weighted by atomic mass is 10.2. The van der Waals surface area contributed by atoms with Crippen LogP contribution in [-0.4, -0.2) is 46.1 Å². The number of allylic oxidation sites excluding steroid dienone is 4.